The number of piperazine rings is 1. The molecule has 1 aromatic carbocycles. The van der Waals surface area contributed by atoms with Crippen LogP contribution in [0.1, 0.15) is 17.2 Å². The quantitative estimate of drug-likeness (QED) is 0.856. The van der Waals surface area contributed by atoms with E-state index in [-0.39, 0.29) is 12.4 Å². The van der Waals surface area contributed by atoms with Crippen molar-refractivity contribution in [2.45, 2.75) is 12.6 Å². The van der Waals surface area contributed by atoms with Crippen LogP contribution in [0.3, 0.4) is 0 Å². The zero-order valence-corrected chi connectivity index (χ0v) is 15.4. The van der Waals surface area contributed by atoms with Crippen LogP contribution >= 0.6 is 28.3 Å². The summed E-state index contributed by atoms with van der Waals surface area (Å²) in [5, 5.41) is 3.48. The van der Waals surface area contributed by atoms with Gasteiger partial charge in [0.25, 0.3) is 0 Å². The van der Waals surface area contributed by atoms with Crippen LogP contribution in [0.2, 0.25) is 0 Å². The highest BCUT2D eigenvalue weighted by Gasteiger charge is 2.24. The second-order valence-electron chi connectivity index (χ2n) is 5.43. The number of methoxy groups -OCH3 is 1. The van der Waals surface area contributed by atoms with Crippen LogP contribution in [-0.2, 0) is 6.54 Å². The second kappa shape index (κ2) is 8.64. The Morgan fingerprint density at radius 1 is 1.39 bits per heavy atom. The largest absolute Gasteiger partial charge is 0.497 e. The minimum absolute atomic E-state index is 0. The van der Waals surface area contributed by atoms with Gasteiger partial charge in [0.2, 0.25) is 0 Å². The van der Waals surface area contributed by atoms with Gasteiger partial charge < -0.3 is 10.1 Å². The van der Waals surface area contributed by atoms with Crippen LogP contribution in [0.15, 0.2) is 47.2 Å². The van der Waals surface area contributed by atoms with Gasteiger partial charge in [-0.3, -0.25) is 9.88 Å². The van der Waals surface area contributed by atoms with E-state index in [0.717, 1.165) is 36.4 Å². The fraction of sp³-hybridized carbons (Fsp3) is 0.353. The Kier molecular flexibility index (Phi) is 6.84. The number of ether oxygens (including phenoxy) is 1. The molecule has 124 valence electrons. The standard InChI is InChI=1S/C17H20BrN3O.ClH/c1-22-15-4-5-16(18)14(9-15)12-21-8-7-20-11-17(21)13-3-2-6-19-10-13;/h2-6,9-10,17,20H,7-8,11-12H2,1H3;1H. The number of pyridine rings is 1. The molecule has 1 fully saturated rings. The van der Waals surface area contributed by atoms with Gasteiger partial charge in [-0.05, 0) is 35.4 Å². The van der Waals surface area contributed by atoms with Gasteiger partial charge in [-0.2, -0.15) is 0 Å². The third-order valence-electron chi connectivity index (χ3n) is 4.05. The van der Waals surface area contributed by atoms with E-state index in [0.29, 0.717) is 6.04 Å². The average Bonchev–Trinajstić information content (AvgIpc) is 2.58. The van der Waals surface area contributed by atoms with E-state index in [9.17, 15) is 0 Å². The maximum atomic E-state index is 5.35. The number of nitrogens with one attached hydrogen (secondary N) is 1. The summed E-state index contributed by atoms with van der Waals surface area (Å²) in [7, 11) is 1.70. The molecule has 1 atom stereocenters. The first-order valence-electron chi connectivity index (χ1n) is 7.45. The molecule has 23 heavy (non-hydrogen) atoms. The molecule has 0 amide bonds. The second-order valence-corrected chi connectivity index (χ2v) is 6.29. The van der Waals surface area contributed by atoms with Gasteiger partial charge >= 0.3 is 0 Å². The number of aromatic nitrogens is 1. The van der Waals surface area contributed by atoms with Gasteiger partial charge in [-0.15, -0.1) is 12.4 Å². The molecular formula is C17H21BrClN3O. The predicted molar refractivity (Wildman–Crippen MR) is 98.2 cm³/mol. The van der Waals surface area contributed by atoms with Crippen molar-refractivity contribution in [1.82, 2.24) is 15.2 Å². The molecule has 4 nitrogen and oxygen atoms in total. The molecule has 2 heterocycles. The molecule has 1 unspecified atom stereocenters. The zero-order chi connectivity index (χ0) is 15.4. The summed E-state index contributed by atoms with van der Waals surface area (Å²) >= 11 is 3.65. The summed E-state index contributed by atoms with van der Waals surface area (Å²) in [5.41, 5.74) is 2.50. The molecule has 0 aliphatic carbocycles. The number of nitrogens with zero attached hydrogens (tertiary/aromatic N) is 2. The van der Waals surface area contributed by atoms with E-state index >= 15 is 0 Å². The summed E-state index contributed by atoms with van der Waals surface area (Å²) < 4.78 is 6.47. The summed E-state index contributed by atoms with van der Waals surface area (Å²) in [6, 6.07) is 10.6. The average molecular weight is 399 g/mol. The Hall–Kier alpha value is -1.14. The van der Waals surface area contributed by atoms with Gasteiger partial charge in [0, 0.05) is 49.1 Å². The van der Waals surface area contributed by atoms with Gasteiger partial charge in [0.05, 0.1) is 7.11 Å². The van der Waals surface area contributed by atoms with Crippen molar-refractivity contribution in [3.05, 3.63) is 58.3 Å². The molecular weight excluding hydrogens is 378 g/mol. The highest BCUT2D eigenvalue weighted by atomic mass is 79.9. The fourth-order valence-electron chi connectivity index (χ4n) is 2.86. The highest BCUT2D eigenvalue weighted by Crippen LogP contribution is 2.28. The lowest BCUT2D eigenvalue weighted by Gasteiger charge is -2.36. The van der Waals surface area contributed by atoms with Crippen molar-refractivity contribution < 1.29 is 4.74 Å². The number of rotatable bonds is 4. The lowest BCUT2D eigenvalue weighted by molar-refractivity contribution is 0.153. The molecule has 1 saturated heterocycles. The van der Waals surface area contributed by atoms with Gasteiger partial charge in [0.15, 0.2) is 0 Å². The molecule has 0 bridgehead atoms. The fourth-order valence-corrected chi connectivity index (χ4v) is 3.23. The van der Waals surface area contributed by atoms with E-state index in [2.05, 4.69) is 49.3 Å². The highest BCUT2D eigenvalue weighted by molar-refractivity contribution is 9.10. The van der Waals surface area contributed by atoms with E-state index in [1.807, 2.05) is 24.5 Å². The molecule has 1 aliphatic rings. The van der Waals surface area contributed by atoms with Crippen molar-refractivity contribution in [1.29, 1.82) is 0 Å². The first-order chi connectivity index (χ1) is 10.8. The van der Waals surface area contributed by atoms with E-state index in [1.165, 1.54) is 11.1 Å². The summed E-state index contributed by atoms with van der Waals surface area (Å²) in [6.45, 7) is 3.87. The van der Waals surface area contributed by atoms with E-state index in [1.54, 1.807) is 7.11 Å². The summed E-state index contributed by atoms with van der Waals surface area (Å²) in [6.07, 6.45) is 3.79. The lowest BCUT2D eigenvalue weighted by atomic mass is 10.0. The van der Waals surface area contributed by atoms with Crippen molar-refractivity contribution in [2.75, 3.05) is 26.7 Å². The third kappa shape index (κ3) is 4.44. The van der Waals surface area contributed by atoms with Gasteiger partial charge in [0.1, 0.15) is 5.75 Å². The Morgan fingerprint density at radius 3 is 3.00 bits per heavy atom. The number of benzene rings is 1. The van der Waals surface area contributed by atoms with Gasteiger partial charge in [-0.1, -0.05) is 22.0 Å². The molecule has 3 rings (SSSR count). The van der Waals surface area contributed by atoms with Crippen LogP contribution in [0, 0.1) is 0 Å². The Labute approximate surface area is 151 Å². The minimum Gasteiger partial charge on any atom is -0.497 e. The SMILES string of the molecule is COc1ccc(Br)c(CN2CCNCC2c2cccnc2)c1.Cl. The third-order valence-corrected chi connectivity index (χ3v) is 4.82. The molecule has 1 N–H and O–H groups in total. The van der Waals surface area contributed by atoms with Crippen molar-refractivity contribution >= 4 is 28.3 Å². The lowest BCUT2D eigenvalue weighted by Crippen LogP contribution is -2.45. The van der Waals surface area contributed by atoms with Crippen molar-refractivity contribution in [2.24, 2.45) is 0 Å². The maximum absolute atomic E-state index is 5.35. The van der Waals surface area contributed by atoms with E-state index in [4.69, 9.17) is 4.74 Å². The monoisotopic (exact) mass is 397 g/mol. The zero-order valence-electron chi connectivity index (χ0n) is 13.0. The number of halogens is 2. The van der Waals surface area contributed by atoms with Crippen LogP contribution in [0.25, 0.3) is 0 Å². The topological polar surface area (TPSA) is 37.4 Å². The van der Waals surface area contributed by atoms with Gasteiger partial charge in [-0.25, -0.2) is 0 Å². The van der Waals surface area contributed by atoms with Crippen molar-refractivity contribution in [3.63, 3.8) is 0 Å². The molecule has 0 saturated carbocycles. The number of hydrogen-bond acceptors (Lipinski definition) is 4. The van der Waals surface area contributed by atoms with Crippen LogP contribution < -0.4 is 10.1 Å². The number of hydrogen-bond donors (Lipinski definition) is 1. The molecule has 0 radical (unpaired) electrons. The molecule has 0 spiro atoms. The van der Waals surface area contributed by atoms with Crippen molar-refractivity contribution in [3.8, 4) is 5.75 Å². The predicted octanol–water partition coefficient (Wildman–Crippen LogP) is 3.42. The minimum atomic E-state index is 0. The Balaban J connectivity index is 0.00000192. The normalized spacial score (nSPS) is 18.3. The van der Waals surface area contributed by atoms with E-state index < -0.39 is 0 Å². The Morgan fingerprint density at radius 2 is 2.26 bits per heavy atom. The summed E-state index contributed by atoms with van der Waals surface area (Å²) in [4.78, 5) is 6.76. The molecule has 1 aromatic heterocycles. The maximum Gasteiger partial charge on any atom is 0.119 e. The summed E-state index contributed by atoms with van der Waals surface area (Å²) in [5.74, 6) is 0.895. The van der Waals surface area contributed by atoms with Crippen LogP contribution in [0.4, 0.5) is 0 Å². The first kappa shape index (κ1) is 18.2. The first-order valence-corrected chi connectivity index (χ1v) is 8.24. The van der Waals surface area contributed by atoms with Crippen LogP contribution in [-0.4, -0.2) is 36.6 Å². The Bertz CT molecular complexity index is 626. The smallest absolute Gasteiger partial charge is 0.119 e. The molecule has 2 aromatic rings. The van der Waals surface area contributed by atoms with Crippen LogP contribution in [0.5, 0.6) is 5.75 Å². The molecule has 6 heteroatoms. The molecule has 1 aliphatic heterocycles.